The summed E-state index contributed by atoms with van der Waals surface area (Å²) in [6.45, 7) is 0.727. The number of hydrogen-bond donors (Lipinski definition) is 0. The third-order valence-corrected chi connectivity index (χ3v) is 11.4. The fourth-order valence-corrected chi connectivity index (χ4v) is 7.65. The number of rotatable bonds is 22. The van der Waals surface area contributed by atoms with Gasteiger partial charge < -0.3 is 29.4 Å². The first kappa shape index (κ1) is 53.0. The van der Waals surface area contributed by atoms with E-state index < -0.39 is 50.4 Å². The molecule has 0 saturated carbocycles. The summed E-state index contributed by atoms with van der Waals surface area (Å²) in [4.78, 5) is 10.9. The molecule has 0 aromatic heterocycles. The second-order valence-corrected chi connectivity index (χ2v) is 16.8. The van der Waals surface area contributed by atoms with Gasteiger partial charge in [-0.3, -0.25) is 0 Å². The van der Waals surface area contributed by atoms with Crippen LogP contribution in [0.1, 0.15) is 51.4 Å². The molecule has 0 fully saturated rings. The fraction of sp³-hybridized carbons (Fsp3) is 0.400. The van der Waals surface area contributed by atoms with Gasteiger partial charge in [0.25, 0.3) is 0 Å². The molecule has 0 radical (unpaired) electrons. The lowest BCUT2D eigenvalue weighted by Crippen LogP contribution is -2.21. The average Bonchev–Trinajstić information content (AvgIpc) is 3.26. The maximum absolute atomic E-state index is 12.9. The van der Waals surface area contributed by atoms with Crippen molar-refractivity contribution in [3.8, 4) is 0 Å². The molecule has 0 N–H and O–H groups in total. The Morgan fingerprint density at radius 1 is 0.250 bits per heavy atom. The molecule has 6 nitrogen and oxygen atoms in total. The zero-order valence-corrected chi connectivity index (χ0v) is 38.3. The van der Waals surface area contributed by atoms with Crippen molar-refractivity contribution in [2.45, 2.75) is 76.1 Å². The molecule has 18 heteroatoms. The number of nitrogens with zero attached hydrogens (tertiary/aromatic N) is 6. The van der Waals surface area contributed by atoms with E-state index in [4.69, 9.17) is 0 Å². The van der Waals surface area contributed by atoms with Crippen molar-refractivity contribution in [1.82, 2.24) is 0 Å². The maximum atomic E-state index is 12.9. The SMILES string of the molecule is CN(CCCC(F)(F)F)c1ccc(N(c2ccc(N(C)CCCC(F)(F)F)cc2)c2ccc(N(c3ccc(N(C)CCCC(F)(F)F)cc3)c3ccc(N(C)CCCC(F)(F)F)cc3)cc2)cc1. The molecule has 0 atom stereocenters. The minimum Gasteiger partial charge on any atom is -0.375 e. The van der Waals surface area contributed by atoms with Crippen LogP contribution in [0.2, 0.25) is 0 Å². The maximum Gasteiger partial charge on any atom is 0.389 e. The van der Waals surface area contributed by atoms with Crippen molar-refractivity contribution < 1.29 is 52.7 Å². The van der Waals surface area contributed by atoms with E-state index in [2.05, 4.69) is 0 Å². The third kappa shape index (κ3) is 16.7. The molecule has 5 aromatic carbocycles. The highest BCUT2D eigenvalue weighted by Gasteiger charge is 2.29. The van der Waals surface area contributed by atoms with Crippen molar-refractivity contribution in [2.75, 3.05) is 83.8 Å². The van der Waals surface area contributed by atoms with Crippen LogP contribution in [0.5, 0.6) is 0 Å². The highest BCUT2D eigenvalue weighted by atomic mass is 19.4. The van der Waals surface area contributed by atoms with Crippen molar-refractivity contribution in [3.05, 3.63) is 121 Å². The van der Waals surface area contributed by atoms with Crippen molar-refractivity contribution in [1.29, 1.82) is 0 Å². The summed E-state index contributed by atoms with van der Waals surface area (Å²) in [7, 11) is 6.86. The molecule has 0 bridgehead atoms. The number of alkyl halides is 12. The molecule has 0 amide bonds. The molecule has 0 heterocycles. The number of anilines is 10. The van der Waals surface area contributed by atoms with Crippen LogP contribution in [0.3, 0.4) is 0 Å². The van der Waals surface area contributed by atoms with Gasteiger partial charge in [0, 0.05) is 137 Å². The number of hydrogen-bond acceptors (Lipinski definition) is 6. The molecule has 68 heavy (non-hydrogen) atoms. The highest BCUT2D eigenvalue weighted by Crippen LogP contribution is 2.41. The lowest BCUT2D eigenvalue weighted by Gasteiger charge is -2.30. The van der Waals surface area contributed by atoms with Gasteiger partial charge in [-0.1, -0.05) is 0 Å². The van der Waals surface area contributed by atoms with Crippen LogP contribution < -0.4 is 29.4 Å². The summed E-state index contributed by atoms with van der Waals surface area (Å²) in [6, 6.07) is 36.8. The van der Waals surface area contributed by atoms with Gasteiger partial charge in [0.15, 0.2) is 0 Å². The van der Waals surface area contributed by atoms with Gasteiger partial charge >= 0.3 is 24.7 Å². The first-order valence-corrected chi connectivity index (χ1v) is 22.1. The van der Waals surface area contributed by atoms with Gasteiger partial charge in [0.1, 0.15) is 0 Å². The minimum absolute atomic E-state index is 0.0760. The van der Waals surface area contributed by atoms with Crippen LogP contribution in [-0.4, -0.2) is 79.1 Å². The van der Waals surface area contributed by atoms with E-state index in [9.17, 15) is 52.7 Å². The van der Waals surface area contributed by atoms with E-state index in [1.54, 1.807) is 47.8 Å². The van der Waals surface area contributed by atoms with E-state index in [0.717, 1.165) is 0 Å². The largest absolute Gasteiger partial charge is 0.389 e. The summed E-state index contributed by atoms with van der Waals surface area (Å²) in [5.41, 5.74) is 7.05. The molecular weight excluding hydrogens is 913 g/mol. The summed E-state index contributed by atoms with van der Waals surface area (Å²) in [5, 5.41) is 0. The highest BCUT2D eigenvalue weighted by molar-refractivity contribution is 5.82. The Labute approximate surface area is 390 Å². The second kappa shape index (κ2) is 22.9. The fourth-order valence-electron chi connectivity index (χ4n) is 7.65. The Morgan fingerprint density at radius 3 is 0.515 bits per heavy atom. The van der Waals surface area contributed by atoms with Crippen LogP contribution >= 0.6 is 0 Å². The van der Waals surface area contributed by atoms with E-state index in [1.807, 2.05) is 131 Å². The Morgan fingerprint density at radius 2 is 0.382 bits per heavy atom. The average molecular weight is 969 g/mol. The molecule has 0 aliphatic carbocycles. The van der Waals surface area contributed by atoms with Gasteiger partial charge in [-0.2, -0.15) is 52.7 Å². The van der Waals surface area contributed by atoms with Crippen LogP contribution in [0.15, 0.2) is 121 Å². The molecule has 0 aliphatic rings. The van der Waals surface area contributed by atoms with Crippen LogP contribution in [0.25, 0.3) is 0 Å². The van der Waals surface area contributed by atoms with E-state index in [-0.39, 0.29) is 51.9 Å². The Kier molecular flexibility index (Phi) is 17.9. The molecule has 5 aromatic rings. The van der Waals surface area contributed by atoms with Crippen molar-refractivity contribution in [3.63, 3.8) is 0 Å². The standard InChI is InChI=1S/C50H56F12N6/c1-63(33-5-29-47(51,52)53)37-9-17-41(18-10-37)67(42-19-11-38(12-20-42)64(2)34-6-30-48(54,55)56)45-25-27-46(28-26-45)68(43-21-13-39(14-22-43)65(3)35-7-31-49(57,58)59)44-23-15-40(16-24-44)66(4)36-8-32-50(60,61)62/h9-28H,5-8,29-36H2,1-4H3. The van der Waals surface area contributed by atoms with E-state index in [1.165, 1.54) is 0 Å². The predicted molar refractivity (Wildman–Crippen MR) is 250 cm³/mol. The second-order valence-electron chi connectivity index (χ2n) is 16.8. The quantitative estimate of drug-likeness (QED) is 0.0639. The summed E-state index contributed by atoms with van der Waals surface area (Å²) < 4.78 is 154. The number of benzene rings is 5. The minimum atomic E-state index is -4.26. The molecule has 5 rings (SSSR count). The zero-order chi connectivity index (χ0) is 49.9. The smallest absolute Gasteiger partial charge is 0.375 e. The topological polar surface area (TPSA) is 19.4 Å². The molecule has 0 unspecified atom stereocenters. The van der Waals surface area contributed by atoms with E-state index >= 15 is 0 Å². The summed E-state index contributed by atoms with van der Waals surface area (Å²) >= 11 is 0. The predicted octanol–water partition coefficient (Wildman–Crippen LogP) is 15.7. The molecule has 0 saturated heterocycles. The third-order valence-electron chi connectivity index (χ3n) is 11.4. The first-order valence-electron chi connectivity index (χ1n) is 22.1. The Hall–Kier alpha value is -5.94. The molecule has 0 spiro atoms. The monoisotopic (exact) mass is 968 g/mol. The first-order chi connectivity index (χ1) is 31.9. The van der Waals surface area contributed by atoms with Crippen molar-refractivity contribution >= 4 is 56.9 Å². The Balaban J connectivity index is 1.49. The zero-order valence-electron chi connectivity index (χ0n) is 38.3. The van der Waals surface area contributed by atoms with Crippen LogP contribution in [-0.2, 0) is 0 Å². The van der Waals surface area contributed by atoms with Crippen LogP contribution in [0, 0.1) is 0 Å². The summed E-state index contributed by atoms with van der Waals surface area (Å²) in [5.74, 6) is 0. The van der Waals surface area contributed by atoms with Gasteiger partial charge in [-0.25, -0.2) is 0 Å². The normalized spacial score (nSPS) is 12.2. The van der Waals surface area contributed by atoms with Crippen molar-refractivity contribution in [2.24, 2.45) is 0 Å². The van der Waals surface area contributed by atoms with E-state index in [0.29, 0.717) is 56.9 Å². The van der Waals surface area contributed by atoms with Gasteiger partial charge in [-0.15, -0.1) is 0 Å². The lowest BCUT2D eigenvalue weighted by molar-refractivity contribution is -0.135. The summed E-state index contributed by atoms with van der Waals surface area (Å²) in [6.07, 6.45) is -21.0. The lowest BCUT2D eigenvalue weighted by atomic mass is 10.1. The Bertz CT molecular complexity index is 1960. The molecule has 0 aliphatic heterocycles. The molecule has 370 valence electrons. The van der Waals surface area contributed by atoms with Gasteiger partial charge in [0.05, 0.1) is 0 Å². The molecular formula is C50H56F12N6. The van der Waals surface area contributed by atoms with Gasteiger partial charge in [0.2, 0.25) is 0 Å². The van der Waals surface area contributed by atoms with Gasteiger partial charge in [-0.05, 0) is 147 Å². The van der Waals surface area contributed by atoms with Crippen LogP contribution in [0.4, 0.5) is 110 Å². The number of halogens is 12.